The Hall–Kier alpha value is -2.62. The van der Waals surface area contributed by atoms with Gasteiger partial charge in [-0.2, -0.15) is 0 Å². The largest absolute Gasteiger partial charge is 0.489 e. The number of ether oxygens (including phenoxy) is 1. The van der Waals surface area contributed by atoms with Crippen LogP contribution in [-0.2, 0) is 6.61 Å². The summed E-state index contributed by atoms with van der Waals surface area (Å²) in [6.45, 7) is 7.04. The van der Waals surface area contributed by atoms with Gasteiger partial charge in [0.2, 0.25) is 0 Å². The van der Waals surface area contributed by atoms with E-state index in [-0.39, 0.29) is 6.04 Å². The quantitative estimate of drug-likeness (QED) is 0.648. The van der Waals surface area contributed by atoms with E-state index >= 15 is 0 Å². The normalized spacial score (nSPS) is 16.2. The average molecular weight is 387 g/mol. The summed E-state index contributed by atoms with van der Waals surface area (Å²) in [5.41, 5.74) is 5.14. The Morgan fingerprint density at radius 2 is 1.66 bits per heavy atom. The Balaban J connectivity index is 1.61. The van der Waals surface area contributed by atoms with Crippen molar-refractivity contribution in [3.63, 3.8) is 0 Å². The van der Waals surface area contributed by atoms with E-state index in [2.05, 4.69) is 89.9 Å². The van der Waals surface area contributed by atoms with Crippen molar-refractivity contribution >= 4 is 0 Å². The van der Waals surface area contributed by atoms with Crippen molar-refractivity contribution in [3.05, 3.63) is 101 Å². The third-order valence-corrected chi connectivity index (χ3v) is 5.52. The molecule has 1 aliphatic rings. The van der Waals surface area contributed by atoms with Crippen molar-refractivity contribution in [2.45, 2.75) is 26.0 Å². The minimum atomic E-state index is 0.245. The van der Waals surface area contributed by atoms with Crippen LogP contribution in [0.4, 0.5) is 0 Å². The van der Waals surface area contributed by atoms with E-state index in [4.69, 9.17) is 4.74 Å². The molecule has 1 saturated heterocycles. The van der Waals surface area contributed by atoms with Crippen molar-refractivity contribution in [2.24, 2.45) is 0 Å². The molecular formula is C26H30N2O. The highest BCUT2D eigenvalue weighted by atomic mass is 16.5. The molecule has 0 aromatic heterocycles. The van der Waals surface area contributed by atoms with E-state index in [1.165, 1.54) is 28.7 Å². The van der Waals surface area contributed by atoms with Gasteiger partial charge in [-0.1, -0.05) is 72.3 Å². The van der Waals surface area contributed by atoms with Crippen LogP contribution in [0.25, 0.3) is 0 Å². The summed E-state index contributed by atoms with van der Waals surface area (Å²) in [4.78, 5) is 2.60. The van der Waals surface area contributed by atoms with Crippen molar-refractivity contribution in [3.8, 4) is 5.75 Å². The van der Waals surface area contributed by atoms with Crippen molar-refractivity contribution in [2.75, 3.05) is 26.2 Å². The van der Waals surface area contributed by atoms with E-state index < -0.39 is 0 Å². The van der Waals surface area contributed by atoms with Crippen molar-refractivity contribution < 1.29 is 4.74 Å². The first-order chi connectivity index (χ1) is 14.3. The summed E-state index contributed by atoms with van der Waals surface area (Å²) < 4.78 is 6.12. The molecule has 1 atom stereocenters. The third kappa shape index (κ3) is 5.26. The molecule has 0 saturated carbocycles. The van der Waals surface area contributed by atoms with Crippen LogP contribution in [0.5, 0.6) is 5.75 Å². The van der Waals surface area contributed by atoms with Gasteiger partial charge in [-0.3, -0.25) is 4.90 Å². The average Bonchev–Trinajstić information content (AvgIpc) is 3.03. The van der Waals surface area contributed by atoms with Crippen LogP contribution in [0.15, 0.2) is 78.9 Å². The van der Waals surface area contributed by atoms with E-state index in [0.717, 1.165) is 31.9 Å². The van der Waals surface area contributed by atoms with Gasteiger partial charge in [-0.05, 0) is 48.7 Å². The zero-order valence-corrected chi connectivity index (χ0v) is 17.2. The van der Waals surface area contributed by atoms with Gasteiger partial charge in [0.1, 0.15) is 12.4 Å². The molecule has 0 radical (unpaired) electrons. The molecule has 1 N–H and O–H groups in total. The Kier molecular flexibility index (Phi) is 6.60. The zero-order valence-electron chi connectivity index (χ0n) is 17.2. The summed E-state index contributed by atoms with van der Waals surface area (Å²) in [6, 6.07) is 28.1. The fourth-order valence-electron chi connectivity index (χ4n) is 4.09. The minimum absolute atomic E-state index is 0.245. The van der Waals surface area contributed by atoms with Crippen molar-refractivity contribution in [1.29, 1.82) is 0 Å². The smallest absolute Gasteiger partial charge is 0.120 e. The second-order valence-electron chi connectivity index (χ2n) is 7.80. The van der Waals surface area contributed by atoms with Crippen LogP contribution in [-0.4, -0.2) is 31.1 Å². The summed E-state index contributed by atoms with van der Waals surface area (Å²) in [5.74, 6) is 0.928. The highest BCUT2D eigenvalue weighted by molar-refractivity contribution is 5.38. The highest BCUT2D eigenvalue weighted by Crippen LogP contribution is 2.32. The number of benzene rings is 3. The summed E-state index contributed by atoms with van der Waals surface area (Å²) in [7, 11) is 0. The van der Waals surface area contributed by atoms with Crippen LogP contribution in [0.3, 0.4) is 0 Å². The summed E-state index contributed by atoms with van der Waals surface area (Å²) >= 11 is 0. The number of rotatable bonds is 6. The zero-order chi connectivity index (χ0) is 19.9. The molecule has 3 nitrogen and oxygen atoms in total. The molecule has 1 aliphatic heterocycles. The lowest BCUT2D eigenvalue weighted by molar-refractivity contribution is 0.240. The van der Waals surface area contributed by atoms with Crippen LogP contribution in [0.1, 0.15) is 34.7 Å². The number of aryl methyl sites for hydroxylation is 1. The highest BCUT2D eigenvalue weighted by Gasteiger charge is 2.23. The van der Waals surface area contributed by atoms with Gasteiger partial charge in [-0.15, -0.1) is 0 Å². The van der Waals surface area contributed by atoms with E-state index in [1.807, 2.05) is 6.07 Å². The molecule has 0 bridgehead atoms. The predicted molar refractivity (Wildman–Crippen MR) is 119 cm³/mol. The summed E-state index contributed by atoms with van der Waals surface area (Å²) in [6.07, 6.45) is 1.17. The van der Waals surface area contributed by atoms with Gasteiger partial charge in [0.05, 0.1) is 6.04 Å². The fourth-order valence-corrected chi connectivity index (χ4v) is 4.09. The van der Waals surface area contributed by atoms with Gasteiger partial charge in [0.15, 0.2) is 0 Å². The molecule has 150 valence electrons. The molecule has 3 aromatic rings. The van der Waals surface area contributed by atoms with Crippen molar-refractivity contribution in [1.82, 2.24) is 10.2 Å². The Bertz CT molecular complexity index is 901. The minimum Gasteiger partial charge on any atom is -0.489 e. The van der Waals surface area contributed by atoms with Crippen LogP contribution < -0.4 is 10.1 Å². The lowest BCUT2D eigenvalue weighted by Crippen LogP contribution is -2.33. The van der Waals surface area contributed by atoms with Gasteiger partial charge in [0.25, 0.3) is 0 Å². The molecule has 0 spiro atoms. The van der Waals surface area contributed by atoms with E-state index in [0.29, 0.717) is 6.61 Å². The number of nitrogens with one attached hydrogen (secondary N) is 1. The molecule has 1 heterocycles. The summed E-state index contributed by atoms with van der Waals surface area (Å²) in [5, 5.41) is 3.53. The second kappa shape index (κ2) is 9.73. The van der Waals surface area contributed by atoms with E-state index in [1.54, 1.807) is 0 Å². The second-order valence-corrected chi connectivity index (χ2v) is 7.80. The van der Waals surface area contributed by atoms with E-state index in [9.17, 15) is 0 Å². The molecule has 3 aromatic carbocycles. The van der Waals surface area contributed by atoms with Gasteiger partial charge in [-0.25, -0.2) is 0 Å². The monoisotopic (exact) mass is 386 g/mol. The molecule has 3 heteroatoms. The standard InChI is InChI=1S/C26H30N2O/c1-21-8-5-11-23(18-21)26(28-16-7-14-27-15-17-28)24-12-6-13-25(19-24)29-20-22-9-3-2-4-10-22/h2-6,8-13,18-19,26-27H,7,14-17,20H2,1H3. The van der Waals surface area contributed by atoms with Crippen LogP contribution in [0, 0.1) is 6.92 Å². The predicted octanol–water partition coefficient (Wildman–Crippen LogP) is 4.96. The van der Waals surface area contributed by atoms with Gasteiger partial charge >= 0.3 is 0 Å². The van der Waals surface area contributed by atoms with Crippen LogP contribution >= 0.6 is 0 Å². The SMILES string of the molecule is Cc1cccc(C(c2cccc(OCc3ccccc3)c2)N2CCCNCC2)c1. The van der Waals surface area contributed by atoms with Crippen LogP contribution in [0.2, 0.25) is 0 Å². The maximum absolute atomic E-state index is 6.12. The lowest BCUT2D eigenvalue weighted by Gasteiger charge is -2.31. The number of nitrogens with zero attached hydrogens (tertiary/aromatic N) is 1. The molecule has 29 heavy (non-hydrogen) atoms. The Morgan fingerprint density at radius 3 is 2.48 bits per heavy atom. The first-order valence-electron chi connectivity index (χ1n) is 10.6. The fraction of sp³-hybridized carbons (Fsp3) is 0.308. The molecule has 4 rings (SSSR count). The lowest BCUT2D eigenvalue weighted by atomic mass is 9.95. The molecule has 0 amide bonds. The maximum Gasteiger partial charge on any atom is 0.120 e. The molecule has 0 aliphatic carbocycles. The number of hydrogen-bond donors (Lipinski definition) is 1. The van der Waals surface area contributed by atoms with Gasteiger partial charge < -0.3 is 10.1 Å². The first kappa shape index (κ1) is 19.7. The first-order valence-corrected chi connectivity index (χ1v) is 10.6. The third-order valence-electron chi connectivity index (χ3n) is 5.52. The maximum atomic E-state index is 6.12. The molecular weight excluding hydrogens is 356 g/mol. The molecule has 1 fully saturated rings. The Labute approximate surface area is 174 Å². The number of hydrogen-bond acceptors (Lipinski definition) is 3. The van der Waals surface area contributed by atoms with Gasteiger partial charge in [0, 0.05) is 19.6 Å². The molecule has 1 unspecified atom stereocenters. The Morgan fingerprint density at radius 1 is 0.862 bits per heavy atom. The topological polar surface area (TPSA) is 24.5 Å².